The maximum atomic E-state index is 11.8. The summed E-state index contributed by atoms with van der Waals surface area (Å²) in [5.74, 6) is 0.317. The largest absolute Gasteiger partial charge is 0.455 e. The van der Waals surface area contributed by atoms with Crippen LogP contribution < -0.4 is 5.32 Å². The first-order valence-electron chi connectivity index (χ1n) is 5.63. The minimum atomic E-state index is -3.88. The molecule has 1 N–H and O–H groups in total. The summed E-state index contributed by atoms with van der Waals surface area (Å²) in [5.41, 5.74) is 0. The molecule has 0 unspecified atom stereocenters. The zero-order valence-corrected chi connectivity index (χ0v) is 11.6. The van der Waals surface area contributed by atoms with E-state index in [9.17, 15) is 13.2 Å². The van der Waals surface area contributed by atoms with Gasteiger partial charge in [0.05, 0.1) is 0 Å². The lowest BCUT2D eigenvalue weighted by Gasteiger charge is -2.32. The quantitative estimate of drug-likeness (QED) is 0.865. The summed E-state index contributed by atoms with van der Waals surface area (Å²) in [6, 6.07) is 1.31. The lowest BCUT2D eigenvalue weighted by atomic mass is 9.82. The van der Waals surface area contributed by atoms with Gasteiger partial charge in [0.1, 0.15) is 10.7 Å². The standard InChI is InChI=1S/C11H14ClNO4S/c1-6-3-8(4-6)13-11(14)9-5-10(7(2)17-9)18(12,15)16/h5-6,8H,3-4H2,1-2H3,(H,13,14). The second-order valence-corrected chi connectivity index (χ2v) is 7.25. The Labute approximate surface area is 110 Å². The molecule has 0 saturated heterocycles. The molecule has 1 aromatic heterocycles. The Bertz CT molecular complexity index is 572. The molecule has 5 nitrogen and oxygen atoms in total. The van der Waals surface area contributed by atoms with Crippen LogP contribution in [0.15, 0.2) is 15.4 Å². The van der Waals surface area contributed by atoms with Gasteiger partial charge in [0.25, 0.3) is 15.0 Å². The van der Waals surface area contributed by atoms with Crippen LogP contribution in [0.1, 0.15) is 36.1 Å². The Morgan fingerprint density at radius 3 is 2.56 bits per heavy atom. The molecule has 1 fully saturated rings. The fourth-order valence-corrected chi connectivity index (χ4v) is 3.19. The van der Waals surface area contributed by atoms with Crippen LogP contribution in [-0.4, -0.2) is 20.4 Å². The third-order valence-electron chi connectivity index (χ3n) is 3.07. The van der Waals surface area contributed by atoms with Gasteiger partial charge in [0, 0.05) is 22.8 Å². The molecule has 18 heavy (non-hydrogen) atoms. The summed E-state index contributed by atoms with van der Waals surface area (Å²) < 4.78 is 27.5. The molecular formula is C11H14ClNO4S. The summed E-state index contributed by atoms with van der Waals surface area (Å²) in [6.45, 7) is 3.56. The van der Waals surface area contributed by atoms with Gasteiger partial charge in [-0.1, -0.05) is 6.92 Å². The van der Waals surface area contributed by atoms with Gasteiger partial charge in [0.2, 0.25) is 0 Å². The van der Waals surface area contributed by atoms with E-state index in [1.807, 2.05) is 0 Å². The number of halogens is 1. The van der Waals surface area contributed by atoms with E-state index in [2.05, 4.69) is 12.2 Å². The Kier molecular flexibility index (Phi) is 3.42. The molecule has 0 atom stereocenters. The maximum Gasteiger partial charge on any atom is 0.287 e. The van der Waals surface area contributed by atoms with Crippen LogP contribution in [-0.2, 0) is 9.05 Å². The number of carbonyl (C=O) groups is 1. The first-order valence-corrected chi connectivity index (χ1v) is 7.94. The molecule has 0 aromatic carbocycles. The molecule has 1 aliphatic carbocycles. The van der Waals surface area contributed by atoms with Crippen LogP contribution in [0, 0.1) is 12.8 Å². The highest BCUT2D eigenvalue weighted by Crippen LogP contribution is 2.27. The van der Waals surface area contributed by atoms with E-state index in [1.54, 1.807) is 0 Å². The highest BCUT2D eigenvalue weighted by molar-refractivity contribution is 8.13. The summed E-state index contributed by atoms with van der Waals surface area (Å²) in [7, 11) is 1.35. The number of carbonyl (C=O) groups excluding carboxylic acids is 1. The Morgan fingerprint density at radius 1 is 1.50 bits per heavy atom. The number of rotatable bonds is 3. The van der Waals surface area contributed by atoms with Crippen LogP contribution in [0.2, 0.25) is 0 Å². The van der Waals surface area contributed by atoms with Gasteiger partial charge in [-0.25, -0.2) is 8.42 Å². The second-order valence-electron chi connectivity index (χ2n) is 4.72. The van der Waals surface area contributed by atoms with E-state index in [4.69, 9.17) is 15.1 Å². The molecular weight excluding hydrogens is 278 g/mol. The van der Waals surface area contributed by atoms with Crippen LogP contribution in [0.3, 0.4) is 0 Å². The molecule has 2 rings (SSSR count). The van der Waals surface area contributed by atoms with Gasteiger partial charge in [-0.2, -0.15) is 0 Å². The third kappa shape index (κ3) is 2.70. The fraction of sp³-hybridized carbons (Fsp3) is 0.545. The summed E-state index contributed by atoms with van der Waals surface area (Å²) in [6.07, 6.45) is 1.87. The van der Waals surface area contributed by atoms with Crippen molar-refractivity contribution in [1.82, 2.24) is 5.32 Å². The Balaban J connectivity index is 2.12. The van der Waals surface area contributed by atoms with Crippen LogP contribution in [0.4, 0.5) is 0 Å². The van der Waals surface area contributed by atoms with Crippen LogP contribution >= 0.6 is 10.7 Å². The summed E-state index contributed by atoms with van der Waals surface area (Å²) in [4.78, 5) is 11.6. The van der Waals surface area contributed by atoms with Gasteiger partial charge in [-0.05, 0) is 25.7 Å². The first kappa shape index (κ1) is 13.4. The molecule has 100 valence electrons. The number of hydrogen-bond acceptors (Lipinski definition) is 4. The predicted octanol–water partition coefficient (Wildman–Crippen LogP) is 2.04. The zero-order chi connectivity index (χ0) is 13.5. The summed E-state index contributed by atoms with van der Waals surface area (Å²) in [5, 5.41) is 2.78. The molecule has 1 aromatic rings. The van der Waals surface area contributed by atoms with Crippen LogP contribution in [0.5, 0.6) is 0 Å². The normalized spacial score (nSPS) is 23.5. The van der Waals surface area contributed by atoms with E-state index in [1.165, 1.54) is 6.92 Å². The number of furan rings is 1. The maximum absolute atomic E-state index is 11.8. The summed E-state index contributed by atoms with van der Waals surface area (Å²) >= 11 is 0. The molecule has 7 heteroatoms. The van der Waals surface area contributed by atoms with Gasteiger partial charge in [-0.15, -0.1) is 0 Å². The minimum absolute atomic E-state index is 0.0220. The topological polar surface area (TPSA) is 76.4 Å². The Hall–Kier alpha value is -1.01. The van der Waals surface area contributed by atoms with E-state index in [-0.39, 0.29) is 22.5 Å². The molecule has 1 amide bonds. The molecule has 1 heterocycles. The van der Waals surface area contributed by atoms with Gasteiger partial charge in [-0.3, -0.25) is 4.79 Å². The predicted molar refractivity (Wildman–Crippen MR) is 66.1 cm³/mol. The molecule has 0 bridgehead atoms. The Morgan fingerprint density at radius 2 is 2.11 bits per heavy atom. The molecule has 0 aliphatic heterocycles. The van der Waals surface area contributed by atoms with Crippen molar-refractivity contribution >= 4 is 25.6 Å². The lowest BCUT2D eigenvalue weighted by molar-refractivity contribution is 0.0866. The second kappa shape index (κ2) is 4.59. The third-order valence-corrected chi connectivity index (χ3v) is 4.50. The van der Waals surface area contributed by atoms with Gasteiger partial charge in [0.15, 0.2) is 5.76 Å². The monoisotopic (exact) mass is 291 g/mol. The highest BCUT2D eigenvalue weighted by atomic mass is 35.7. The molecule has 0 radical (unpaired) electrons. The molecule has 1 aliphatic rings. The fourth-order valence-electron chi connectivity index (χ4n) is 2.10. The van der Waals surface area contributed by atoms with E-state index < -0.39 is 15.0 Å². The van der Waals surface area contributed by atoms with Crippen molar-refractivity contribution in [3.8, 4) is 0 Å². The van der Waals surface area contributed by atoms with Crippen molar-refractivity contribution < 1.29 is 17.6 Å². The van der Waals surface area contributed by atoms with Crippen molar-refractivity contribution in [3.63, 3.8) is 0 Å². The minimum Gasteiger partial charge on any atom is -0.455 e. The van der Waals surface area contributed by atoms with E-state index >= 15 is 0 Å². The lowest BCUT2D eigenvalue weighted by Crippen LogP contribution is -2.43. The first-order chi connectivity index (χ1) is 8.27. The van der Waals surface area contributed by atoms with Crippen molar-refractivity contribution in [2.75, 3.05) is 0 Å². The highest BCUT2D eigenvalue weighted by Gasteiger charge is 2.29. The van der Waals surface area contributed by atoms with E-state index in [0.717, 1.165) is 18.9 Å². The van der Waals surface area contributed by atoms with Crippen molar-refractivity contribution in [3.05, 3.63) is 17.6 Å². The number of aryl methyl sites for hydroxylation is 1. The number of amides is 1. The molecule has 1 saturated carbocycles. The van der Waals surface area contributed by atoms with Crippen molar-refractivity contribution in [1.29, 1.82) is 0 Å². The average molecular weight is 292 g/mol. The number of nitrogens with one attached hydrogen (secondary N) is 1. The van der Waals surface area contributed by atoms with Gasteiger partial charge < -0.3 is 9.73 Å². The SMILES string of the molecule is Cc1oc(C(=O)NC2CC(C)C2)cc1S(=O)(=O)Cl. The van der Waals surface area contributed by atoms with Crippen molar-refractivity contribution in [2.45, 2.75) is 37.6 Å². The van der Waals surface area contributed by atoms with Crippen molar-refractivity contribution in [2.24, 2.45) is 5.92 Å². The van der Waals surface area contributed by atoms with Crippen LogP contribution in [0.25, 0.3) is 0 Å². The van der Waals surface area contributed by atoms with E-state index in [0.29, 0.717) is 5.92 Å². The zero-order valence-electron chi connectivity index (χ0n) is 10.1. The molecule has 0 spiro atoms. The average Bonchev–Trinajstić information content (AvgIpc) is 2.57. The van der Waals surface area contributed by atoms with Gasteiger partial charge >= 0.3 is 0 Å². The smallest absolute Gasteiger partial charge is 0.287 e. The number of hydrogen-bond donors (Lipinski definition) is 1.